The Kier molecular flexibility index (Phi) is 5.87. The Balaban J connectivity index is 1.75. The van der Waals surface area contributed by atoms with Gasteiger partial charge in [0.1, 0.15) is 31.9 Å². The maximum absolute atomic E-state index is 6.00. The van der Waals surface area contributed by atoms with Crippen molar-refractivity contribution >= 4 is 0 Å². The number of aryl methyl sites for hydroxylation is 1. The van der Waals surface area contributed by atoms with E-state index in [0.717, 1.165) is 18.8 Å². The topological polar surface area (TPSA) is 18.1 Å². The van der Waals surface area contributed by atoms with Gasteiger partial charge < -0.3 is 14.5 Å². The number of hydrogen-bond acceptors (Lipinski definition) is 1. The molecule has 1 aliphatic rings. The van der Waals surface area contributed by atoms with Gasteiger partial charge in [-0.2, -0.15) is 0 Å². The van der Waals surface area contributed by atoms with Gasteiger partial charge in [-0.25, -0.2) is 0 Å². The quantitative estimate of drug-likeness (QED) is 0.757. The molecule has 0 atom stereocenters. The van der Waals surface area contributed by atoms with Gasteiger partial charge in [-0.1, -0.05) is 32.9 Å². The minimum atomic E-state index is 0.204. The van der Waals surface area contributed by atoms with Crippen molar-refractivity contribution < 1.29 is 14.5 Å². The van der Waals surface area contributed by atoms with Crippen LogP contribution in [0.2, 0.25) is 0 Å². The lowest BCUT2D eigenvalue weighted by molar-refractivity contribution is -1.00. The third-order valence-electron chi connectivity index (χ3n) is 4.78. The molecule has 1 fully saturated rings. The molecule has 3 heteroatoms. The Morgan fingerprint density at radius 1 is 1.09 bits per heavy atom. The maximum atomic E-state index is 6.00. The molecule has 1 heterocycles. The first-order valence-electron chi connectivity index (χ1n) is 8.75. The van der Waals surface area contributed by atoms with E-state index in [9.17, 15) is 0 Å². The third kappa shape index (κ3) is 4.99. The van der Waals surface area contributed by atoms with E-state index in [4.69, 9.17) is 4.74 Å². The van der Waals surface area contributed by atoms with Crippen molar-refractivity contribution in [2.75, 3.05) is 46.4 Å². The minimum absolute atomic E-state index is 0.204. The van der Waals surface area contributed by atoms with Crippen LogP contribution in [0.1, 0.15) is 38.3 Å². The molecule has 1 aromatic carbocycles. The Hall–Kier alpha value is -1.06. The summed E-state index contributed by atoms with van der Waals surface area (Å²) in [6, 6.07) is 6.61. The first kappa shape index (κ1) is 17.3. The number of rotatable bonds is 5. The van der Waals surface area contributed by atoms with Gasteiger partial charge in [0.05, 0.1) is 20.2 Å². The van der Waals surface area contributed by atoms with Crippen LogP contribution in [0, 0.1) is 6.92 Å². The SMILES string of the molecule is Cc1cc(C(C)(C)C)ccc1OCCC[NH+]1CC[NH+](C)CC1. The predicted octanol–water partition coefficient (Wildman–Crippen LogP) is 0.475. The van der Waals surface area contributed by atoms with Crippen LogP contribution >= 0.6 is 0 Å². The fourth-order valence-corrected chi connectivity index (χ4v) is 3.06. The molecular weight excluding hydrogens is 272 g/mol. The lowest BCUT2D eigenvalue weighted by Crippen LogP contribution is -3.27. The van der Waals surface area contributed by atoms with Gasteiger partial charge in [0.2, 0.25) is 0 Å². The van der Waals surface area contributed by atoms with Gasteiger partial charge in [0.25, 0.3) is 0 Å². The Morgan fingerprint density at radius 2 is 1.77 bits per heavy atom. The largest absolute Gasteiger partial charge is 0.493 e. The number of quaternary nitrogens is 2. The van der Waals surface area contributed by atoms with E-state index < -0.39 is 0 Å². The van der Waals surface area contributed by atoms with Gasteiger partial charge in [-0.05, 0) is 29.5 Å². The Bertz CT molecular complexity index is 471. The zero-order chi connectivity index (χ0) is 16.2. The molecule has 1 saturated heterocycles. The van der Waals surface area contributed by atoms with Crippen molar-refractivity contribution in [3.05, 3.63) is 29.3 Å². The van der Waals surface area contributed by atoms with Crippen LogP contribution in [0.4, 0.5) is 0 Å². The summed E-state index contributed by atoms with van der Waals surface area (Å²) in [5.41, 5.74) is 2.83. The normalized spacial score (nSPS) is 22.6. The highest BCUT2D eigenvalue weighted by atomic mass is 16.5. The molecule has 0 unspecified atom stereocenters. The molecule has 124 valence electrons. The Morgan fingerprint density at radius 3 is 2.36 bits per heavy atom. The summed E-state index contributed by atoms with van der Waals surface area (Å²) < 4.78 is 6.00. The monoisotopic (exact) mass is 306 g/mol. The van der Waals surface area contributed by atoms with Crippen LogP contribution in [0.3, 0.4) is 0 Å². The number of likely N-dealkylation sites (N-methyl/N-ethyl adjacent to an activating group) is 1. The summed E-state index contributed by atoms with van der Waals surface area (Å²) in [4.78, 5) is 3.42. The van der Waals surface area contributed by atoms with Crippen LogP contribution < -0.4 is 14.5 Å². The predicted molar refractivity (Wildman–Crippen MR) is 92.2 cm³/mol. The summed E-state index contributed by atoms with van der Waals surface area (Å²) in [6.07, 6.45) is 1.15. The molecule has 0 aromatic heterocycles. The summed E-state index contributed by atoms with van der Waals surface area (Å²) in [5.74, 6) is 1.05. The molecular formula is C19H34N2O+2. The summed E-state index contributed by atoms with van der Waals surface area (Å²) in [5, 5.41) is 0. The number of piperazine rings is 1. The molecule has 2 N–H and O–H groups in total. The molecule has 0 saturated carbocycles. The molecule has 22 heavy (non-hydrogen) atoms. The van der Waals surface area contributed by atoms with E-state index in [1.54, 1.807) is 9.80 Å². The fourth-order valence-electron chi connectivity index (χ4n) is 3.06. The molecule has 2 rings (SSSR count). The van der Waals surface area contributed by atoms with Crippen molar-refractivity contribution in [3.63, 3.8) is 0 Å². The number of benzene rings is 1. The smallest absolute Gasteiger partial charge is 0.127 e. The zero-order valence-electron chi connectivity index (χ0n) is 15.1. The first-order valence-corrected chi connectivity index (χ1v) is 8.75. The third-order valence-corrected chi connectivity index (χ3v) is 4.78. The Labute approximate surface area is 136 Å². The molecule has 0 amide bonds. The summed E-state index contributed by atoms with van der Waals surface area (Å²) in [7, 11) is 2.30. The van der Waals surface area contributed by atoms with Crippen LogP contribution in [0.25, 0.3) is 0 Å². The second kappa shape index (κ2) is 7.47. The van der Waals surface area contributed by atoms with Crippen molar-refractivity contribution in [1.82, 2.24) is 0 Å². The molecule has 1 aliphatic heterocycles. The molecule has 0 radical (unpaired) electrons. The second-order valence-electron chi connectivity index (χ2n) is 7.89. The minimum Gasteiger partial charge on any atom is -0.493 e. The van der Waals surface area contributed by atoms with E-state index in [1.165, 1.54) is 43.9 Å². The average molecular weight is 306 g/mol. The van der Waals surface area contributed by atoms with Gasteiger partial charge >= 0.3 is 0 Å². The van der Waals surface area contributed by atoms with E-state index in [2.05, 4.69) is 52.9 Å². The molecule has 0 aliphatic carbocycles. The zero-order valence-corrected chi connectivity index (χ0v) is 15.1. The molecule has 0 bridgehead atoms. The summed E-state index contributed by atoms with van der Waals surface area (Å²) >= 11 is 0. The first-order chi connectivity index (χ1) is 10.4. The maximum Gasteiger partial charge on any atom is 0.127 e. The molecule has 1 aromatic rings. The second-order valence-corrected chi connectivity index (χ2v) is 7.89. The standard InChI is InChI=1S/C19H32N2O/c1-16-15-17(19(2,3)4)7-8-18(16)22-14-6-9-21-12-10-20(5)11-13-21/h7-8,15H,6,9-14H2,1-5H3/p+2. The molecule has 0 spiro atoms. The number of ether oxygens (including phenoxy) is 1. The highest BCUT2D eigenvalue weighted by molar-refractivity contribution is 5.38. The number of nitrogens with one attached hydrogen (secondary N) is 2. The van der Waals surface area contributed by atoms with Crippen molar-refractivity contribution in [3.8, 4) is 5.75 Å². The van der Waals surface area contributed by atoms with Crippen LogP contribution in [-0.4, -0.2) is 46.4 Å². The summed E-state index contributed by atoms with van der Waals surface area (Å²) in [6.45, 7) is 16.2. The van der Waals surface area contributed by atoms with Crippen molar-refractivity contribution in [2.45, 2.75) is 39.5 Å². The van der Waals surface area contributed by atoms with E-state index in [-0.39, 0.29) is 5.41 Å². The van der Waals surface area contributed by atoms with Crippen LogP contribution in [0.5, 0.6) is 5.75 Å². The van der Waals surface area contributed by atoms with Gasteiger partial charge in [0.15, 0.2) is 0 Å². The van der Waals surface area contributed by atoms with Crippen LogP contribution in [-0.2, 0) is 5.41 Å². The van der Waals surface area contributed by atoms with Crippen molar-refractivity contribution in [2.24, 2.45) is 0 Å². The van der Waals surface area contributed by atoms with Gasteiger partial charge in [-0.3, -0.25) is 0 Å². The highest BCUT2D eigenvalue weighted by Crippen LogP contribution is 2.27. The van der Waals surface area contributed by atoms with E-state index in [0.29, 0.717) is 0 Å². The van der Waals surface area contributed by atoms with Crippen molar-refractivity contribution in [1.29, 1.82) is 0 Å². The average Bonchev–Trinajstić information content (AvgIpc) is 2.45. The van der Waals surface area contributed by atoms with Gasteiger partial charge in [-0.15, -0.1) is 0 Å². The number of hydrogen-bond donors (Lipinski definition) is 2. The van der Waals surface area contributed by atoms with Gasteiger partial charge in [0, 0.05) is 6.42 Å². The lowest BCUT2D eigenvalue weighted by Gasteiger charge is -2.27. The van der Waals surface area contributed by atoms with Crippen LogP contribution in [0.15, 0.2) is 18.2 Å². The highest BCUT2D eigenvalue weighted by Gasteiger charge is 2.19. The fraction of sp³-hybridized carbons (Fsp3) is 0.684. The molecule has 3 nitrogen and oxygen atoms in total. The van der Waals surface area contributed by atoms with E-state index in [1.807, 2.05) is 0 Å². The lowest BCUT2D eigenvalue weighted by atomic mass is 9.86. The van der Waals surface area contributed by atoms with E-state index >= 15 is 0 Å².